The summed E-state index contributed by atoms with van der Waals surface area (Å²) in [7, 11) is -3.90. The van der Waals surface area contributed by atoms with E-state index < -0.39 is 7.60 Å². The molecule has 0 amide bonds. The summed E-state index contributed by atoms with van der Waals surface area (Å²) >= 11 is 0. The molecule has 0 fully saturated rings. The molecule has 0 aromatic heterocycles. The summed E-state index contributed by atoms with van der Waals surface area (Å²) in [5, 5.41) is 0.367. The van der Waals surface area contributed by atoms with Crippen LogP contribution in [-0.2, 0) is 9.98 Å². The van der Waals surface area contributed by atoms with Crippen LogP contribution in [0.15, 0.2) is 66.7 Å². The second-order valence-electron chi connectivity index (χ2n) is 8.46. The first-order valence-corrected chi connectivity index (χ1v) is 11.1. The molecule has 29 heavy (non-hydrogen) atoms. The summed E-state index contributed by atoms with van der Waals surface area (Å²) in [6.45, 7) is 8.50. The SMILES string of the molecule is CC(c1ccccc1)c1cc2c(c(C(C)(C)C)c1)OP(=O)(O)c1ccccc1-2.[BaH2]. The van der Waals surface area contributed by atoms with Gasteiger partial charge in [-0.1, -0.05) is 82.3 Å². The van der Waals surface area contributed by atoms with E-state index in [4.69, 9.17) is 4.52 Å². The van der Waals surface area contributed by atoms with E-state index >= 15 is 0 Å². The fourth-order valence-electron chi connectivity index (χ4n) is 3.81. The summed E-state index contributed by atoms with van der Waals surface area (Å²) in [6, 6.07) is 21.9. The van der Waals surface area contributed by atoms with Gasteiger partial charge in [-0.2, -0.15) is 0 Å². The molecule has 148 valence electrons. The molecule has 1 aliphatic rings. The van der Waals surface area contributed by atoms with E-state index in [1.807, 2.05) is 18.2 Å². The third-order valence-electron chi connectivity index (χ3n) is 5.43. The fraction of sp³-hybridized carbons (Fsp3) is 0.250. The van der Waals surface area contributed by atoms with Crippen molar-refractivity contribution in [1.82, 2.24) is 0 Å². The Kier molecular flexibility index (Phi) is 6.63. The minimum absolute atomic E-state index is 0. The van der Waals surface area contributed by atoms with Crippen LogP contribution in [0.5, 0.6) is 5.75 Å². The number of benzene rings is 3. The Balaban J connectivity index is 0.00000240. The van der Waals surface area contributed by atoms with Gasteiger partial charge >= 0.3 is 56.5 Å². The molecule has 3 aromatic rings. The molecule has 3 aromatic carbocycles. The summed E-state index contributed by atoms with van der Waals surface area (Å²) in [5.74, 6) is 0.726. The third kappa shape index (κ3) is 4.33. The van der Waals surface area contributed by atoms with Crippen LogP contribution in [0.1, 0.15) is 50.3 Å². The first-order valence-electron chi connectivity index (χ1n) is 9.54. The Morgan fingerprint density at radius 3 is 2.17 bits per heavy atom. The van der Waals surface area contributed by atoms with Crippen molar-refractivity contribution in [1.29, 1.82) is 0 Å². The second-order valence-corrected chi connectivity index (χ2v) is 10.2. The van der Waals surface area contributed by atoms with Crippen LogP contribution in [0.2, 0.25) is 0 Å². The van der Waals surface area contributed by atoms with Crippen LogP contribution in [0, 0.1) is 0 Å². The predicted octanol–water partition coefficient (Wildman–Crippen LogP) is 5.09. The van der Waals surface area contributed by atoms with Gasteiger partial charge in [0.05, 0.1) is 5.30 Å². The maximum atomic E-state index is 12.9. The van der Waals surface area contributed by atoms with Crippen molar-refractivity contribution in [2.24, 2.45) is 0 Å². The number of fused-ring (bicyclic) bond motifs is 3. The third-order valence-corrected chi connectivity index (χ3v) is 6.86. The average molecular weight is 532 g/mol. The summed E-state index contributed by atoms with van der Waals surface area (Å²) in [4.78, 5) is 10.6. The van der Waals surface area contributed by atoms with Crippen molar-refractivity contribution in [2.75, 3.05) is 0 Å². The summed E-state index contributed by atoms with van der Waals surface area (Å²) in [6.07, 6.45) is 0. The zero-order valence-electron chi connectivity index (χ0n) is 16.6. The topological polar surface area (TPSA) is 46.5 Å². The van der Waals surface area contributed by atoms with Crippen molar-refractivity contribution < 1.29 is 14.0 Å². The molecule has 3 nitrogen and oxygen atoms in total. The molecule has 0 radical (unpaired) electrons. The monoisotopic (exact) mass is 532 g/mol. The van der Waals surface area contributed by atoms with Crippen LogP contribution in [-0.4, -0.2) is 53.8 Å². The molecule has 2 atom stereocenters. The van der Waals surface area contributed by atoms with E-state index in [9.17, 15) is 9.46 Å². The Morgan fingerprint density at radius 2 is 1.52 bits per heavy atom. The molecular formula is C24H27BaO3P. The molecule has 0 bridgehead atoms. The van der Waals surface area contributed by atoms with Crippen molar-refractivity contribution in [3.63, 3.8) is 0 Å². The van der Waals surface area contributed by atoms with Gasteiger partial charge in [-0.05, 0) is 28.7 Å². The van der Waals surface area contributed by atoms with E-state index in [1.54, 1.807) is 12.1 Å². The normalized spacial score (nSPS) is 18.7. The molecule has 1 aliphatic heterocycles. The first kappa shape index (κ1) is 22.9. The zero-order valence-corrected chi connectivity index (χ0v) is 17.5. The Labute approximate surface area is 213 Å². The van der Waals surface area contributed by atoms with E-state index in [-0.39, 0.29) is 60.2 Å². The van der Waals surface area contributed by atoms with Gasteiger partial charge in [-0.15, -0.1) is 0 Å². The van der Waals surface area contributed by atoms with Crippen molar-refractivity contribution >= 4 is 61.8 Å². The van der Waals surface area contributed by atoms with E-state index in [2.05, 4.69) is 64.1 Å². The molecule has 4 rings (SSSR count). The van der Waals surface area contributed by atoms with Gasteiger partial charge in [-0.25, -0.2) is 4.57 Å². The van der Waals surface area contributed by atoms with Gasteiger partial charge in [0.1, 0.15) is 5.75 Å². The molecule has 0 aliphatic carbocycles. The number of hydrogen-bond donors (Lipinski definition) is 1. The van der Waals surface area contributed by atoms with Gasteiger partial charge in [0, 0.05) is 22.6 Å². The Bertz CT molecular complexity index is 1090. The Hall–Kier alpha value is -0.779. The molecule has 0 spiro atoms. The Morgan fingerprint density at radius 1 is 0.897 bits per heavy atom. The van der Waals surface area contributed by atoms with E-state index in [0.29, 0.717) is 11.1 Å². The maximum absolute atomic E-state index is 12.9. The molecule has 1 heterocycles. The van der Waals surface area contributed by atoms with E-state index in [0.717, 1.165) is 16.7 Å². The standard InChI is InChI=1S/C24H25O3P.Ba.2H/c1-16(17-10-6-5-7-11-17)18-14-20-19-12-8-9-13-22(19)28(25,26)27-23(20)21(15-18)24(2,3)4;;;/h5-16H,1-4H3,(H,25,26);;;. The van der Waals surface area contributed by atoms with Crippen molar-refractivity contribution in [2.45, 2.75) is 39.0 Å². The average Bonchev–Trinajstić information content (AvgIpc) is 2.66. The summed E-state index contributed by atoms with van der Waals surface area (Å²) < 4.78 is 18.6. The van der Waals surface area contributed by atoms with Crippen molar-refractivity contribution in [3.05, 3.63) is 83.4 Å². The van der Waals surface area contributed by atoms with Crippen molar-refractivity contribution in [3.8, 4) is 16.9 Å². The van der Waals surface area contributed by atoms with Crippen LogP contribution in [0.25, 0.3) is 11.1 Å². The predicted molar refractivity (Wildman–Crippen MR) is 123 cm³/mol. The number of rotatable bonds is 2. The molecular weight excluding hydrogens is 505 g/mol. The van der Waals surface area contributed by atoms with Gasteiger partial charge in [0.2, 0.25) is 0 Å². The molecule has 1 N–H and O–H groups in total. The van der Waals surface area contributed by atoms with Gasteiger partial charge in [0.25, 0.3) is 0 Å². The zero-order chi connectivity index (χ0) is 20.1. The van der Waals surface area contributed by atoms with Crippen LogP contribution in [0.3, 0.4) is 0 Å². The minimum atomic E-state index is -3.90. The molecule has 0 saturated carbocycles. The molecule has 5 heteroatoms. The van der Waals surface area contributed by atoms with E-state index in [1.165, 1.54) is 11.1 Å². The van der Waals surface area contributed by atoms with Gasteiger partial charge in [0.15, 0.2) is 0 Å². The van der Waals surface area contributed by atoms with Crippen LogP contribution >= 0.6 is 7.60 Å². The first-order chi connectivity index (χ1) is 13.2. The summed E-state index contributed by atoms with van der Waals surface area (Å²) in [5.41, 5.74) is 4.79. The quantitative estimate of drug-likeness (QED) is 0.370. The van der Waals surface area contributed by atoms with Crippen LogP contribution in [0.4, 0.5) is 0 Å². The van der Waals surface area contributed by atoms with Crippen LogP contribution < -0.4 is 9.83 Å². The second kappa shape index (κ2) is 8.39. The molecule has 2 unspecified atom stereocenters. The fourth-order valence-corrected chi connectivity index (χ4v) is 5.13. The number of hydrogen-bond acceptors (Lipinski definition) is 2. The van der Waals surface area contributed by atoms with Gasteiger partial charge in [-0.3, -0.25) is 0 Å². The molecule has 0 saturated heterocycles. The van der Waals surface area contributed by atoms with Gasteiger partial charge < -0.3 is 9.42 Å².